The van der Waals surface area contributed by atoms with Crippen LogP contribution in [0.1, 0.15) is 38.3 Å². The molecule has 7 nitrogen and oxygen atoms in total. The highest BCUT2D eigenvalue weighted by atomic mass is 32.2. The average Bonchev–Trinajstić information content (AvgIpc) is 2.79. The van der Waals surface area contributed by atoms with Crippen molar-refractivity contribution in [3.05, 3.63) is 65.7 Å². The minimum Gasteiger partial charge on any atom is -0.354 e. The van der Waals surface area contributed by atoms with Gasteiger partial charge in [0.1, 0.15) is 12.6 Å². The molecule has 0 heterocycles. The highest BCUT2D eigenvalue weighted by molar-refractivity contribution is 7.92. The molecule has 1 atom stereocenters. The molecule has 8 heteroatoms. The van der Waals surface area contributed by atoms with Crippen LogP contribution in [0, 0.1) is 12.8 Å². The molecular formula is C26H37N3O4S. The fourth-order valence-electron chi connectivity index (χ4n) is 3.64. The maximum atomic E-state index is 13.5. The van der Waals surface area contributed by atoms with Crippen LogP contribution in [-0.4, -0.2) is 57.1 Å². The number of hydrogen-bond acceptors (Lipinski definition) is 4. The third-order valence-corrected chi connectivity index (χ3v) is 6.70. The Kier molecular flexibility index (Phi) is 10.1. The Morgan fingerprint density at radius 3 is 2.15 bits per heavy atom. The molecule has 0 aliphatic carbocycles. The number of aryl methyl sites for hydroxylation is 1. The molecule has 0 fully saturated rings. The summed E-state index contributed by atoms with van der Waals surface area (Å²) in [5.74, 6) is -0.357. The van der Waals surface area contributed by atoms with Crippen LogP contribution in [0.15, 0.2) is 54.6 Å². The summed E-state index contributed by atoms with van der Waals surface area (Å²) in [4.78, 5) is 28.1. The van der Waals surface area contributed by atoms with E-state index in [1.807, 2.05) is 58.0 Å². The second kappa shape index (κ2) is 12.6. The first-order chi connectivity index (χ1) is 16.0. The van der Waals surface area contributed by atoms with Crippen molar-refractivity contribution in [3.8, 4) is 0 Å². The van der Waals surface area contributed by atoms with E-state index in [1.165, 1.54) is 4.90 Å². The van der Waals surface area contributed by atoms with Gasteiger partial charge in [0.25, 0.3) is 0 Å². The molecule has 0 aliphatic heterocycles. The maximum absolute atomic E-state index is 13.5. The van der Waals surface area contributed by atoms with Gasteiger partial charge in [-0.2, -0.15) is 0 Å². The van der Waals surface area contributed by atoms with Gasteiger partial charge in [0.05, 0.1) is 11.9 Å². The lowest BCUT2D eigenvalue weighted by molar-refractivity contribution is -0.139. The Balaban J connectivity index is 2.32. The molecule has 0 radical (unpaired) electrons. The number of sulfonamides is 1. The highest BCUT2D eigenvalue weighted by Crippen LogP contribution is 2.19. The average molecular weight is 488 g/mol. The van der Waals surface area contributed by atoms with Crippen molar-refractivity contribution in [1.82, 2.24) is 10.2 Å². The Bertz CT molecular complexity index is 1040. The molecule has 2 aromatic carbocycles. The molecule has 2 rings (SSSR count). The van der Waals surface area contributed by atoms with Gasteiger partial charge in [0, 0.05) is 13.1 Å². The number of benzene rings is 2. The molecule has 0 spiro atoms. The van der Waals surface area contributed by atoms with Gasteiger partial charge in [-0.05, 0) is 43.4 Å². The van der Waals surface area contributed by atoms with E-state index in [9.17, 15) is 18.0 Å². The SMILES string of the molecule is CC[C@H](C(=O)NCC(C)C)N(CCc1ccccc1)C(=O)CN(c1ccc(C)cc1)S(C)(=O)=O. The van der Waals surface area contributed by atoms with E-state index in [0.717, 1.165) is 21.7 Å². The second-order valence-electron chi connectivity index (χ2n) is 8.99. The Morgan fingerprint density at radius 1 is 1.00 bits per heavy atom. The fourth-order valence-corrected chi connectivity index (χ4v) is 4.49. The molecule has 0 unspecified atom stereocenters. The van der Waals surface area contributed by atoms with E-state index in [4.69, 9.17) is 0 Å². The molecule has 2 amide bonds. The van der Waals surface area contributed by atoms with Crippen LogP contribution in [-0.2, 0) is 26.0 Å². The van der Waals surface area contributed by atoms with Crippen molar-refractivity contribution in [2.24, 2.45) is 5.92 Å². The summed E-state index contributed by atoms with van der Waals surface area (Å²) in [7, 11) is -3.72. The minimum atomic E-state index is -3.72. The molecule has 2 aromatic rings. The monoisotopic (exact) mass is 487 g/mol. The predicted octanol–water partition coefficient (Wildman–Crippen LogP) is 3.38. The van der Waals surface area contributed by atoms with Crippen molar-refractivity contribution in [2.45, 2.75) is 46.6 Å². The van der Waals surface area contributed by atoms with Crippen molar-refractivity contribution in [3.63, 3.8) is 0 Å². The van der Waals surface area contributed by atoms with Gasteiger partial charge in [-0.3, -0.25) is 13.9 Å². The lowest BCUT2D eigenvalue weighted by Gasteiger charge is -2.33. The number of carbonyl (C=O) groups is 2. The van der Waals surface area contributed by atoms with Crippen LogP contribution in [0.4, 0.5) is 5.69 Å². The van der Waals surface area contributed by atoms with E-state index in [0.29, 0.717) is 31.6 Å². The molecule has 1 N–H and O–H groups in total. The third-order valence-electron chi connectivity index (χ3n) is 5.56. The van der Waals surface area contributed by atoms with Gasteiger partial charge in [0.15, 0.2) is 0 Å². The van der Waals surface area contributed by atoms with E-state index in [2.05, 4.69) is 5.32 Å². The van der Waals surface area contributed by atoms with Crippen LogP contribution in [0.3, 0.4) is 0 Å². The van der Waals surface area contributed by atoms with Gasteiger partial charge in [-0.1, -0.05) is 68.8 Å². The molecule has 0 bridgehead atoms. The number of amides is 2. The molecule has 186 valence electrons. The first kappa shape index (κ1) is 27.4. The number of rotatable bonds is 12. The smallest absolute Gasteiger partial charge is 0.244 e. The Morgan fingerprint density at radius 2 is 1.62 bits per heavy atom. The van der Waals surface area contributed by atoms with Crippen molar-refractivity contribution in [2.75, 3.05) is 30.2 Å². The molecular weight excluding hydrogens is 450 g/mol. The van der Waals surface area contributed by atoms with Crippen LogP contribution < -0.4 is 9.62 Å². The first-order valence-corrected chi connectivity index (χ1v) is 13.5. The fraction of sp³-hybridized carbons (Fsp3) is 0.462. The van der Waals surface area contributed by atoms with Crippen LogP contribution in [0.5, 0.6) is 0 Å². The maximum Gasteiger partial charge on any atom is 0.244 e. The summed E-state index contributed by atoms with van der Waals surface area (Å²) in [6.07, 6.45) is 2.07. The minimum absolute atomic E-state index is 0.223. The topological polar surface area (TPSA) is 86.8 Å². The largest absolute Gasteiger partial charge is 0.354 e. The lowest BCUT2D eigenvalue weighted by atomic mass is 10.1. The standard InChI is InChI=1S/C26H37N3O4S/c1-6-24(26(31)27-18-20(2)3)28(17-16-22-10-8-7-9-11-22)25(30)19-29(34(5,32)33)23-14-12-21(4)13-15-23/h7-15,20,24H,6,16-19H2,1-5H3,(H,27,31)/t24-/m1/s1. The number of hydrogen-bond donors (Lipinski definition) is 1. The van der Waals surface area contributed by atoms with Crippen molar-refractivity contribution < 1.29 is 18.0 Å². The van der Waals surface area contributed by atoms with Crippen molar-refractivity contribution >= 4 is 27.5 Å². The highest BCUT2D eigenvalue weighted by Gasteiger charge is 2.31. The summed E-state index contributed by atoms with van der Waals surface area (Å²) in [5.41, 5.74) is 2.44. The summed E-state index contributed by atoms with van der Waals surface area (Å²) < 4.78 is 26.3. The molecule has 0 saturated carbocycles. The molecule has 34 heavy (non-hydrogen) atoms. The lowest BCUT2D eigenvalue weighted by Crippen LogP contribution is -2.53. The Hall–Kier alpha value is -2.87. The van der Waals surface area contributed by atoms with Crippen LogP contribution in [0.25, 0.3) is 0 Å². The van der Waals surface area contributed by atoms with Crippen LogP contribution in [0.2, 0.25) is 0 Å². The zero-order valence-corrected chi connectivity index (χ0v) is 21.6. The predicted molar refractivity (Wildman–Crippen MR) is 137 cm³/mol. The van der Waals surface area contributed by atoms with Gasteiger partial charge in [-0.15, -0.1) is 0 Å². The quantitative estimate of drug-likeness (QED) is 0.497. The molecule has 0 aliphatic rings. The number of carbonyl (C=O) groups excluding carboxylic acids is 2. The zero-order valence-electron chi connectivity index (χ0n) is 20.8. The van der Waals surface area contributed by atoms with E-state index >= 15 is 0 Å². The first-order valence-electron chi connectivity index (χ1n) is 11.7. The van der Waals surface area contributed by atoms with Crippen molar-refractivity contribution in [1.29, 1.82) is 0 Å². The Labute approximate surface area is 204 Å². The second-order valence-corrected chi connectivity index (χ2v) is 10.9. The third kappa shape index (κ3) is 8.17. The van der Waals surface area contributed by atoms with Crippen LogP contribution >= 0.6 is 0 Å². The van der Waals surface area contributed by atoms with Gasteiger partial charge in [-0.25, -0.2) is 8.42 Å². The number of anilines is 1. The summed E-state index contributed by atoms with van der Waals surface area (Å²) >= 11 is 0. The number of nitrogens with zero attached hydrogens (tertiary/aromatic N) is 2. The van der Waals surface area contributed by atoms with Gasteiger partial charge >= 0.3 is 0 Å². The molecule has 0 aromatic heterocycles. The normalized spacial score (nSPS) is 12.3. The summed E-state index contributed by atoms with van der Waals surface area (Å²) in [6.45, 7) is 8.22. The van der Waals surface area contributed by atoms with E-state index in [1.54, 1.807) is 24.3 Å². The summed E-state index contributed by atoms with van der Waals surface area (Å²) in [6, 6.07) is 16.0. The number of nitrogens with one attached hydrogen (secondary N) is 1. The molecule has 0 saturated heterocycles. The summed E-state index contributed by atoms with van der Waals surface area (Å²) in [5, 5.41) is 2.92. The zero-order chi connectivity index (χ0) is 25.3. The van der Waals surface area contributed by atoms with E-state index in [-0.39, 0.29) is 18.4 Å². The van der Waals surface area contributed by atoms with E-state index < -0.39 is 22.0 Å². The van der Waals surface area contributed by atoms with Gasteiger partial charge in [0.2, 0.25) is 21.8 Å². The van der Waals surface area contributed by atoms with Gasteiger partial charge < -0.3 is 10.2 Å².